The molecule has 3 rings (SSSR count). The van der Waals surface area contributed by atoms with Crippen LogP contribution in [0.2, 0.25) is 5.02 Å². The largest absolute Gasteiger partial charge is 0.307 e. The fourth-order valence-corrected chi connectivity index (χ4v) is 2.36. The van der Waals surface area contributed by atoms with Gasteiger partial charge in [0.1, 0.15) is 5.82 Å². The number of benzene rings is 1. The molecule has 0 heterocycles. The van der Waals surface area contributed by atoms with Crippen LogP contribution in [0.4, 0.5) is 4.39 Å². The van der Waals surface area contributed by atoms with Gasteiger partial charge in [-0.2, -0.15) is 0 Å². The molecule has 0 aliphatic heterocycles. The summed E-state index contributed by atoms with van der Waals surface area (Å²) in [4.78, 5) is 0. The van der Waals surface area contributed by atoms with Gasteiger partial charge in [0.15, 0.2) is 0 Å². The highest BCUT2D eigenvalue weighted by atomic mass is 35.5. The number of nitrogens with one attached hydrogen (secondary N) is 1. The van der Waals surface area contributed by atoms with Crippen molar-refractivity contribution in [1.29, 1.82) is 0 Å². The molecule has 86 valence electrons. The number of hydrogen-bond acceptors (Lipinski definition) is 1. The standard InChI is InChI=1S/C13H15ClFN/c14-11-3-1-2-10(12(11)15)13(8-4-5-8)16-9-6-7-9/h1-3,8-9,13,16H,4-7H2. The third-order valence-corrected chi connectivity index (χ3v) is 3.69. The van der Waals surface area contributed by atoms with Crippen molar-refractivity contribution in [3.05, 3.63) is 34.6 Å². The van der Waals surface area contributed by atoms with Gasteiger partial charge in [-0.15, -0.1) is 0 Å². The molecular weight excluding hydrogens is 225 g/mol. The van der Waals surface area contributed by atoms with Gasteiger partial charge >= 0.3 is 0 Å². The summed E-state index contributed by atoms with van der Waals surface area (Å²) in [6.07, 6.45) is 4.86. The highest BCUT2D eigenvalue weighted by molar-refractivity contribution is 6.30. The van der Waals surface area contributed by atoms with E-state index in [0.717, 1.165) is 5.56 Å². The minimum absolute atomic E-state index is 0.172. The molecule has 0 amide bonds. The van der Waals surface area contributed by atoms with Crippen molar-refractivity contribution in [3.8, 4) is 0 Å². The van der Waals surface area contributed by atoms with E-state index in [4.69, 9.17) is 11.6 Å². The van der Waals surface area contributed by atoms with E-state index >= 15 is 0 Å². The molecule has 2 saturated carbocycles. The van der Waals surface area contributed by atoms with E-state index in [-0.39, 0.29) is 16.9 Å². The first-order chi connectivity index (χ1) is 7.75. The van der Waals surface area contributed by atoms with Crippen molar-refractivity contribution in [2.75, 3.05) is 0 Å². The molecule has 2 aliphatic carbocycles. The molecule has 3 heteroatoms. The summed E-state index contributed by atoms with van der Waals surface area (Å²) in [7, 11) is 0. The lowest BCUT2D eigenvalue weighted by atomic mass is 10.0. The summed E-state index contributed by atoms with van der Waals surface area (Å²) in [5.41, 5.74) is 0.752. The quantitative estimate of drug-likeness (QED) is 0.845. The van der Waals surface area contributed by atoms with Crippen LogP contribution in [0.1, 0.15) is 37.3 Å². The van der Waals surface area contributed by atoms with Gasteiger partial charge in [-0.1, -0.05) is 23.7 Å². The van der Waals surface area contributed by atoms with Crippen LogP contribution < -0.4 is 5.32 Å². The molecule has 0 spiro atoms. The van der Waals surface area contributed by atoms with E-state index in [1.54, 1.807) is 6.07 Å². The van der Waals surface area contributed by atoms with Crippen LogP contribution in [0.25, 0.3) is 0 Å². The van der Waals surface area contributed by atoms with Crippen molar-refractivity contribution in [1.82, 2.24) is 5.32 Å². The Balaban J connectivity index is 1.88. The zero-order valence-electron chi connectivity index (χ0n) is 9.05. The molecule has 0 bridgehead atoms. The first kappa shape index (κ1) is 10.5. The molecule has 0 aromatic heterocycles. The summed E-state index contributed by atoms with van der Waals surface area (Å²) in [5.74, 6) is 0.364. The maximum Gasteiger partial charge on any atom is 0.146 e. The summed E-state index contributed by atoms with van der Waals surface area (Å²) in [6.45, 7) is 0. The zero-order valence-corrected chi connectivity index (χ0v) is 9.80. The van der Waals surface area contributed by atoms with Crippen molar-refractivity contribution >= 4 is 11.6 Å². The monoisotopic (exact) mass is 239 g/mol. The second-order valence-electron chi connectivity index (χ2n) is 4.90. The number of hydrogen-bond donors (Lipinski definition) is 1. The maximum atomic E-state index is 13.9. The third kappa shape index (κ3) is 2.09. The normalized spacial score (nSPS) is 22.1. The van der Waals surface area contributed by atoms with Crippen molar-refractivity contribution < 1.29 is 4.39 Å². The second kappa shape index (κ2) is 4.01. The Hall–Kier alpha value is -0.600. The lowest BCUT2D eigenvalue weighted by Gasteiger charge is -2.19. The minimum Gasteiger partial charge on any atom is -0.307 e. The zero-order chi connectivity index (χ0) is 11.1. The Morgan fingerprint density at radius 3 is 2.62 bits per heavy atom. The lowest BCUT2D eigenvalue weighted by molar-refractivity contribution is 0.455. The number of rotatable bonds is 4. The number of halogens is 2. The van der Waals surface area contributed by atoms with Gasteiger partial charge in [-0.25, -0.2) is 4.39 Å². The Bertz CT molecular complexity index is 399. The van der Waals surface area contributed by atoms with Crippen LogP contribution >= 0.6 is 11.6 Å². The van der Waals surface area contributed by atoms with Crippen LogP contribution in [-0.4, -0.2) is 6.04 Å². The molecule has 1 nitrogen and oxygen atoms in total. The second-order valence-corrected chi connectivity index (χ2v) is 5.31. The van der Waals surface area contributed by atoms with Crippen molar-refractivity contribution in [2.45, 2.75) is 37.8 Å². The Kier molecular flexibility index (Phi) is 2.64. The molecule has 16 heavy (non-hydrogen) atoms. The predicted molar refractivity (Wildman–Crippen MR) is 63.0 cm³/mol. The first-order valence-electron chi connectivity index (χ1n) is 5.95. The summed E-state index contributed by atoms with van der Waals surface area (Å²) in [5, 5.41) is 3.78. The highest BCUT2D eigenvalue weighted by Crippen LogP contribution is 2.43. The fourth-order valence-electron chi connectivity index (χ4n) is 2.17. The molecule has 0 saturated heterocycles. The topological polar surface area (TPSA) is 12.0 Å². The molecule has 1 atom stereocenters. The van der Waals surface area contributed by atoms with Gasteiger partial charge < -0.3 is 5.32 Å². The van der Waals surface area contributed by atoms with E-state index in [1.807, 2.05) is 12.1 Å². The predicted octanol–water partition coefficient (Wildman–Crippen LogP) is 3.68. The van der Waals surface area contributed by atoms with Gasteiger partial charge in [-0.3, -0.25) is 0 Å². The summed E-state index contributed by atoms with van der Waals surface area (Å²) >= 11 is 5.83. The van der Waals surface area contributed by atoms with Crippen LogP contribution in [0.15, 0.2) is 18.2 Å². The van der Waals surface area contributed by atoms with Crippen LogP contribution in [-0.2, 0) is 0 Å². The Morgan fingerprint density at radius 2 is 2.00 bits per heavy atom. The molecule has 1 unspecified atom stereocenters. The van der Waals surface area contributed by atoms with Gasteiger partial charge in [0.05, 0.1) is 5.02 Å². The van der Waals surface area contributed by atoms with Gasteiger partial charge in [0.2, 0.25) is 0 Å². The first-order valence-corrected chi connectivity index (χ1v) is 6.33. The van der Waals surface area contributed by atoms with Gasteiger partial charge in [-0.05, 0) is 37.7 Å². The minimum atomic E-state index is -0.241. The van der Waals surface area contributed by atoms with Gasteiger partial charge in [0.25, 0.3) is 0 Å². The van der Waals surface area contributed by atoms with Crippen molar-refractivity contribution in [2.24, 2.45) is 5.92 Å². The van der Waals surface area contributed by atoms with E-state index < -0.39 is 0 Å². The lowest BCUT2D eigenvalue weighted by Crippen LogP contribution is -2.26. The molecule has 2 aliphatic rings. The maximum absolute atomic E-state index is 13.9. The molecule has 2 fully saturated rings. The molecule has 0 radical (unpaired) electrons. The third-order valence-electron chi connectivity index (χ3n) is 3.40. The highest BCUT2D eigenvalue weighted by Gasteiger charge is 2.37. The summed E-state index contributed by atoms with van der Waals surface area (Å²) in [6, 6.07) is 6.08. The van der Waals surface area contributed by atoms with Crippen LogP contribution in [0, 0.1) is 11.7 Å². The Morgan fingerprint density at radius 1 is 1.25 bits per heavy atom. The SMILES string of the molecule is Fc1c(Cl)cccc1C(NC1CC1)C1CC1. The Labute approximate surface area is 100.0 Å². The van der Waals surface area contributed by atoms with Crippen LogP contribution in [0.5, 0.6) is 0 Å². The van der Waals surface area contributed by atoms with E-state index in [1.165, 1.54) is 25.7 Å². The average Bonchev–Trinajstić information content (AvgIpc) is 3.14. The molecule has 1 aromatic rings. The van der Waals surface area contributed by atoms with E-state index in [0.29, 0.717) is 12.0 Å². The molecular formula is C13H15ClFN. The smallest absolute Gasteiger partial charge is 0.146 e. The van der Waals surface area contributed by atoms with E-state index in [9.17, 15) is 4.39 Å². The van der Waals surface area contributed by atoms with Crippen molar-refractivity contribution in [3.63, 3.8) is 0 Å². The molecule has 1 N–H and O–H groups in total. The summed E-state index contributed by atoms with van der Waals surface area (Å²) < 4.78 is 13.9. The fraction of sp³-hybridized carbons (Fsp3) is 0.538. The van der Waals surface area contributed by atoms with E-state index in [2.05, 4.69) is 5.32 Å². The molecule has 1 aromatic carbocycles. The van der Waals surface area contributed by atoms with Gasteiger partial charge in [0, 0.05) is 17.6 Å². The average molecular weight is 240 g/mol. The van der Waals surface area contributed by atoms with Crippen LogP contribution in [0.3, 0.4) is 0 Å².